The zero-order valence-electron chi connectivity index (χ0n) is 16.7. The Hall–Kier alpha value is -2.33. The van der Waals surface area contributed by atoms with Gasteiger partial charge in [0, 0.05) is 35.3 Å². The van der Waals surface area contributed by atoms with Gasteiger partial charge in [0.15, 0.2) is 0 Å². The highest BCUT2D eigenvalue weighted by molar-refractivity contribution is 6.30. The van der Waals surface area contributed by atoms with Crippen LogP contribution in [0.2, 0.25) is 5.02 Å². The van der Waals surface area contributed by atoms with Crippen molar-refractivity contribution in [1.82, 2.24) is 10.2 Å². The third kappa shape index (κ3) is 4.93. The van der Waals surface area contributed by atoms with E-state index in [9.17, 15) is 9.59 Å². The third-order valence-corrected chi connectivity index (χ3v) is 5.47. The van der Waals surface area contributed by atoms with E-state index in [1.807, 2.05) is 29.2 Å². The molecule has 2 amide bonds. The van der Waals surface area contributed by atoms with Crippen molar-refractivity contribution >= 4 is 23.4 Å². The van der Waals surface area contributed by atoms with Gasteiger partial charge in [-0.25, -0.2) is 0 Å². The van der Waals surface area contributed by atoms with Gasteiger partial charge >= 0.3 is 0 Å². The predicted molar refractivity (Wildman–Crippen MR) is 113 cm³/mol. The van der Waals surface area contributed by atoms with E-state index in [-0.39, 0.29) is 23.3 Å². The van der Waals surface area contributed by atoms with Gasteiger partial charge in [-0.3, -0.25) is 9.59 Å². The summed E-state index contributed by atoms with van der Waals surface area (Å²) in [6, 6.07) is 14.8. The summed E-state index contributed by atoms with van der Waals surface area (Å²) in [6.45, 7) is 7.77. The first-order chi connectivity index (χ1) is 13.2. The molecule has 1 heterocycles. The highest BCUT2D eigenvalue weighted by Crippen LogP contribution is 2.23. The zero-order chi connectivity index (χ0) is 20.3. The zero-order valence-corrected chi connectivity index (χ0v) is 17.4. The van der Waals surface area contributed by atoms with Crippen molar-refractivity contribution in [3.8, 4) is 0 Å². The molecule has 1 aliphatic rings. The normalized spacial score (nSPS) is 15.4. The van der Waals surface area contributed by atoms with Crippen molar-refractivity contribution in [2.45, 2.75) is 45.1 Å². The predicted octanol–water partition coefficient (Wildman–Crippen LogP) is 4.67. The average Bonchev–Trinajstić information content (AvgIpc) is 2.68. The van der Waals surface area contributed by atoms with Gasteiger partial charge in [0.1, 0.15) is 0 Å². The van der Waals surface area contributed by atoms with Crippen LogP contribution in [0.4, 0.5) is 0 Å². The summed E-state index contributed by atoms with van der Waals surface area (Å²) in [4.78, 5) is 27.0. The number of rotatable bonds is 3. The minimum absolute atomic E-state index is 0.0583. The van der Waals surface area contributed by atoms with Crippen LogP contribution in [0, 0.1) is 0 Å². The Morgan fingerprint density at radius 1 is 0.929 bits per heavy atom. The van der Waals surface area contributed by atoms with Crippen molar-refractivity contribution in [3.05, 3.63) is 70.2 Å². The van der Waals surface area contributed by atoms with Crippen LogP contribution < -0.4 is 5.32 Å². The Kier molecular flexibility index (Phi) is 6.09. The van der Waals surface area contributed by atoms with E-state index < -0.39 is 0 Å². The lowest BCUT2D eigenvalue weighted by atomic mass is 9.86. The number of amides is 2. The summed E-state index contributed by atoms with van der Waals surface area (Å²) in [5, 5.41) is 3.67. The number of piperidine rings is 1. The summed E-state index contributed by atoms with van der Waals surface area (Å²) >= 11 is 5.87. The molecule has 3 rings (SSSR count). The third-order valence-electron chi connectivity index (χ3n) is 5.22. The second-order valence-electron chi connectivity index (χ2n) is 8.37. The van der Waals surface area contributed by atoms with Crippen LogP contribution in [-0.4, -0.2) is 35.8 Å². The molecule has 0 bridgehead atoms. The first kappa shape index (κ1) is 20.4. The van der Waals surface area contributed by atoms with E-state index in [1.165, 1.54) is 5.56 Å². The molecule has 0 radical (unpaired) electrons. The van der Waals surface area contributed by atoms with Crippen LogP contribution in [0.25, 0.3) is 0 Å². The molecule has 148 valence electrons. The summed E-state index contributed by atoms with van der Waals surface area (Å²) in [5.41, 5.74) is 2.61. The molecule has 0 spiro atoms. The van der Waals surface area contributed by atoms with E-state index in [4.69, 9.17) is 11.6 Å². The molecule has 2 aromatic rings. The number of carbonyl (C=O) groups excluding carboxylic acids is 2. The fourth-order valence-electron chi connectivity index (χ4n) is 3.39. The number of nitrogens with one attached hydrogen (secondary N) is 1. The molecule has 2 aromatic carbocycles. The van der Waals surface area contributed by atoms with Crippen LogP contribution >= 0.6 is 11.6 Å². The lowest BCUT2D eigenvalue weighted by molar-refractivity contribution is 0.0698. The van der Waals surface area contributed by atoms with Gasteiger partial charge in [0.05, 0.1) is 0 Å². The van der Waals surface area contributed by atoms with Crippen molar-refractivity contribution < 1.29 is 9.59 Å². The van der Waals surface area contributed by atoms with Crippen molar-refractivity contribution in [3.63, 3.8) is 0 Å². The maximum atomic E-state index is 12.8. The highest BCUT2D eigenvalue weighted by atomic mass is 35.5. The van der Waals surface area contributed by atoms with Gasteiger partial charge in [0.2, 0.25) is 0 Å². The molecule has 1 fully saturated rings. The number of benzene rings is 2. The fraction of sp³-hybridized carbons (Fsp3) is 0.391. The lowest BCUT2D eigenvalue weighted by Crippen LogP contribution is -2.46. The highest BCUT2D eigenvalue weighted by Gasteiger charge is 2.25. The van der Waals surface area contributed by atoms with Gasteiger partial charge in [-0.1, -0.05) is 44.5 Å². The molecule has 4 nitrogen and oxygen atoms in total. The molecular formula is C23H27ClN2O2. The minimum atomic E-state index is -0.0980. The number of likely N-dealkylation sites (tertiary alicyclic amines) is 1. The second-order valence-corrected chi connectivity index (χ2v) is 8.81. The van der Waals surface area contributed by atoms with Crippen LogP contribution in [-0.2, 0) is 5.41 Å². The first-order valence-electron chi connectivity index (χ1n) is 9.70. The Bertz CT molecular complexity index is 830. The smallest absolute Gasteiger partial charge is 0.253 e. The Labute approximate surface area is 171 Å². The number of carbonyl (C=O) groups is 2. The fourth-order valence-corrected chi connectivity index (χ4v) is 3.52. The van der Waals surface area contributed by atoms with E-state index in [2.05, 4.69) is 26.1 Å². The van der Waals surface area contributed by atoms with E-state index in [0.717, 1.165) is 18.4 Å². The largest absolute Gasteiger partial charge is 0.349 e. The number of nitrogens with zero attached hydrogens (tertiary/aromatic N) is 1. The molecule has 28 heavy (non-hydrogen) atoms. The summed E-state index contributed by atoms with van der Waals surface area (Å²) in [5.74, 6) is -0.0397. The molecular weight excluding hydrogens is 372 g/mol. The van der Waals surface area contributed by atoms with Gasteiger partial charge in [-0.2, -0.15) is 0 Å². The van der Waals surface area contributed by atoms with Crippen LogP contribution in [0.15, 0.2) is 48.5 Å². The number of hydrogen-bond acceptors (Lipinski definition) is 2. The van der Waals surface area contributed by atoms with Crippen LogP contribution in [0.3, 0.4) is 0 Å². The summed E-state index contributed by atoms with van der Waals surface area (Å²) < 4.78 is 0. The molecule has 1 aliphatic heterocycles. The Morgan fingerprint density at radius 3 is 2.00 bits per heavy atom. The van der Waals surface area contributed by atoms with Gasteiger partial charge in [-0.05, 0) is 60.2 Å². The van der Waals surface area contributed by atoms with Crippen molar-refractivity contribution in [2.24, 2.45) is 0 Å². The standard InChI is InChI=1S/C23H27ClN2O2/c1-23(2,3)18-8-4-17(5-9-18)22(28)26-14-12-20(13-15-26)25-21(27)16-6-10-19(24)11-7-16/h4-11,20H,12-15H2,1-3H3,(H,25,27). The maximum Gasteiger partial charge on any atom is 0.253 e. The quantitative estimate of drug-likeness (QED) is 0.816. The Balaban J connectivity index is 1.54. The number of halogens is 1. The number of hydrogen-bond donors (Lipinski definition) is 1. The van der Waals surface area contributed by atoms with Gasteiger partial charge in [-0.15, -0.1) is 0 Å². The van der Waals surface area contributed by atoms with Crippen LogP contribution in [0.1, 0.15) is 59.9 Å². The maximum absolute atomic E-state index is 12.8. The molecule has 5 heteroatoms. The summed E-state index contributed by atoms with van der Waals surface area (Å²) in [7, 11) is 0. The second kappa shape index (κ2) is 8.36. The molecule has 1 N–H and O–H groups in total. The average molecular weight is 399 g/mol. The van der Waals surface area contributed by atoms with Gasteiger partial charge in [0.25, 0.3) is 11.8 Å². The molecule has 1 saturated heterocycles. The molecule has 0 unspecified atom stereocenters. The van der Waals surface area contributed by atoms with Crippen molar-refractivity contribution in [2.75, 3.05) is 13.1 Å². The molecule has 0 atom stereocenters. The SMILES string of the molecule is CC(C)(C)c1ccc(C(=O)N2CCC(NC(=O)c3ccc(Cl)cc3)CC2)cc1. The minimum Gasteiger partial charge on any atom is -0.349 e. The monoisotopic (exact) mass is 398 g/mol. The molecule has 0 saturated carbocycles. The van der Waals surface area contributed by atoms with E-state index in [0.29, 0.717) is 23.7 Å². The first-order valence-corrected chi connectivity index (χ1v) is 10.1. The summed E-state index contributed by atoms with van der Waals surface area (Å²) in [6.07, 6.45) is 1.51. The Morgan fingerprint density at radius 2 is 1.46 bits per heavy atom. The van der Waals surface area contributed by atoms with E-state index in [1.54, 1.807) is 24.3 Å². The van der Waals surface area contributed by atoms with Gasteiger partial charge < -0.3 is 10.2 Å². The van der Waals surface area contributed by atoms with Crippen molar-refractivity contribution in [1.29, 1.82) is 0 Å². The van der Waals surface area contributed by atoms with Crippen LogP contribution in [0.5, 0.6) is 0 Å². The lowest BCUT2D eigenvalue weighted by Gasteiger charge is -2.32. The molecule has 0 aliphatic carbocycles. The molecule has 0 aromatic heterocycles. The topological polar surface area (TPSA) is 49.4 Å². The van der Waals surface area contributed by atoms with E-state index >= 15 is 0 Å².